The predicted octanol–water partition coefficient (Wildman–Crippen LogP) is 8.85. The second-order valence-electron chi connectivity index (χ2n) is 20.5. The number of aromatic hydroxyl groups is 1. The number of likely N-dealkylation sites (tertiary alicyclic amines) is 1. The number of phenolic OH excluding ortho intramolecular Hbond substituents is 1. The number of ether oxygens (including phenoxy) is 2. The summed E-state index contributed by atoms with van der Waals surface area (Å²) in [6.07, 6.45) is 3.28. The van der Waals surface area contributed by atoms with Gasteiger partial charge in [-0.25, -0.2) is 9.18 Å². The summed E-state index contributed by atoms with van der Waals surface area (Å²) in [6, 6.07) is 9.34. The number of piperazine rings is 1. The molecular weight excluding hydrogens is 788 g/mol. The van der Waals surface area contributed by atoms with Gasteiger partial charge >= 0.3 is 12.1 Å². The first kappa shape index (κ1) is 43.2. The number of hydrogen-bond donors (Lipinski definition) is 1. The number of halogens is 1. The van der Waals surface area contributed by atoms with Crippen LogP contribution in [-0.2, 0) is 17.8 Å². The predicted molar refractivity (Wildman–Crippen MR) is 239 cm³/mol. The molecule has 1 saturated carbocycles. The first-order valence-electron chi connectivity index (χ1n) is 22.6. The number of amides is 2. The van der Waals surface area contributed by atoms with E-state index < -0.39 is 19.8 Å². The number of fused-ring (bicyclic) bond motifs is 4. The minimum absolute atomic E-state index is 0.0207. The average molecular weight is 853 g/mol. The largest absolute Gasteiger partial charge is 0.508 e. The maximum atomic E-state index is 14.9. The number of alkyl halides is 1. The molecule has 13 heteroatoms. The zero-order valence-electron chi connectivity index (χ0n) is 37.7. The molecule has 0 radical (unpaired) electrons. The van der Waals surface area contributed by atoms with Gasteiger partial charge in [0.05, 0.1) is 43.0 Å². The van der Waals surface area contributed by atoms with E-state index in [4.69, 9.17) is 19.4 Å². The fourth-order valence-electron chi connectivity index (χ4n) is 11.0. The van der Waals surface area contributed by atoms with E-state index in [9.17, 15) is 19.1 Å². The van der Waals surface area contributed by atoms with Gasteiger partial charge in [0.25, 0.3) is 5.91 Å². The molecule has 2 amide bonds. The summed E-state index contributed by atoms with van der Waals surface area (Å²) in [6.45, 7) is 23.6. The Morgan fingerprint density at radius 3 is 2.26 bits per heavy atom. The number of phenols is 1. The van der Waals surface area contributed by atoms with E-state index in [2.05, 4.69) is 62.8 Å². The van der Waals surface area contributed by atoms with Gasteiger partial charge in [0, 0.05) is 54.7 Å². The topological polar surface area (TPSA) is 112 Å². The molecular formula is C48H65FN6O5Si. The van der Waals surface area contributed by atoms with E-state index in [0.717, 1.165) is 72.2 Å². The van der Waals surface area contributed by atoms with Crippen LogP contribution in [0.3, 0.4) is 0 Å². The van der Waals surface area contributed by atoms with Crippen LogP contribution in [0.1, 0.15) is 122 Å². The molecule has 1 aromatic heterocycles. The van der Waals surface area contributed by atoms with Crippen LogP contribution in [0.25, 0.3) is 10.8 Å². The van der Waals surface area contributed by atoms with Gasteiger partial charge in [-0.2, -0.15) is 9.97 Å². The fourth-order valence-corrected chi connectivity index (χ4v) is 16.2. The van der Waals surface area contributed by atoms with Crippen molar-refractivity contribution in [2.24, 2.45) is 5.41 Å². The summed E-state index contributed by atoms with van der Waals surface area (Å²) in [5.74, 6) is 4.13. The molecule has 5 aliphatic rings. The molecule has 3 unspecified atom stereocenters. The fraction of sp³-hybridized carbons (Fsp3) is 0.625. The van der Waals surface area contributed by atoms with Crippen molar-refractivity contribution in [2.45, 2.75) is 148 Å². The Bertz CT molecular complexity index is 2210. The summed E-state index contributed by atoms with van der Waals surface area (Å²) in [7, 11) is -2.09. The molecule has 8 rings (SSSR count). The highest BCUT2D eigenvalue weighted by molar-refractivity contribution is 6.90. The zero-order chi connectivity index (χ0) is 43.6. The minimum Gasteiger partial charge on any atom is -0.508 e. The molecule has 328 valence electrons. The van der Waals surface area contributed by atoms with Crippen LogP contribution in [0, 0.1) is 16.9 Å². The van der Waals surface area contributed by atoms with E-state index in [1.54, 1.807) is 17.0 Å². The Balaban J connectivity index is 1.12. The van der Waals surface area contributed by atoms with Crippen molar-refractivity contribution < 1.29 is 28.6 Å². The second-order valence-corrected chi connectivity index (χ2v) is 26.1. The molecule has 4 fully saturated rings. The first-order chi connectivity index (χ1) is 28.9. The van der Waals surface area contributed by atoms with Gasteiger partial charge in [0.2, 0.25) is 0 Å². The van der Waals surface area contributed by atoms with Gasteiger partial charge in [-0.3, -0.25) is 14.6 Å². The third kappa shape index (κ3) is 8.56. The molecule has 2 aromatic carbocycles. The van der Waals surface area contributed by atoms with E-state index in [0.29, 0.717) is 54.8 Å². The molecule has 3 saturated heterocycles. The minimum atomic E-state index is -2.09. The van der Waals surface area contributed by atoms with Crippen LogP contribution < -0.4 is 9.64 Å². The molecule has 1 aliphatic carbocycles. The SMILES string of the molecule is CC(C)[Si](C#Cc1cccc2cc(O)cc(C(=O)N3Cc4nc(OCC5(CN6CCC(F)C6)CC5)nc(N5CC6CCC(C5)N6C(=O)OC(C)(C)C)c4C3)c12)(C(C)C)C(C)C. The summed E-state index contributed by atoms with van der Waals surface area (Å²) in [5, 5.41) is 12.5. The number of anilines is 1. The lowest BCUT2D eigenvalue weighted by molar-refractivity contribution is 0.0122. The van der Waals surface area contributed by atoms with Crippen molar-refractivity contribution >= 4 is 36.7 Å². The monoisotopic (exact) mass is 852 g/mol. The quantitative estimate of drug-likeness (QED) is 0.158. The van der Waals surface area contributed by atoms with Gasteiger partial charge in [-0.15, -0.1) is 5.54 Å². The van der Waals surface area contributed by atoms with E-state index in [1.165, 1.54) is 0 Å². The Kier molecular flexibility index (Phi) is 11.6. The number of nitrogens with zero attached hydrogens (tertiary/aromatic N) is 6. The van der Waals surface area contributed by atoms with Crippen molar-refractivity contribution in [1.82, 2.24) is 24.7 Å². The van der Waals surface area contributed by atoms with Gasteiger partial charge in [0.15, 0.2) is 0 Å². The van der Waals surface area contributed by atoms with Crippen molar-refractivity contribution in [3.05, 3.63) is 52.7 Å². The van der Waals surface area contributed by atoms with Crippen LogP contribution in [-0.4, -0.2) is 113 Å². The number of benzene rings is 2. The number of hydrogen-bond acceptors (Lipinski definition) is 9. The number of rotatable bonds is 10. The lowest BCUT2D eigenvalue weighted by Gasteiger charge is -2.42. The Morgan fingerprint density at radius 2 is 1.66 bits per heavy atom. The lowest BCUT2D eigenvalue weighted by Crippen LogP contribution is -2.57. The van der Waals surface area contributed by atoms with Crippen molar-refractivity contribution in [3.8, 4) is 23.2 Å². The van der Waals surface area contributed by atoms with Gasteiger partial charge in [-0.1, -0.05) is 59.6 Å². The van der Waals surface area contributed by atoms with E-state index >= 15 is 0 Å². The molecule has 5 heterocycles. The molecule has 1 N–H and O–H groups in total. The molecule has 61 heavy (non-hydrogen) atoms. The highest BCUT2D eigenvalue weighted by Crippen LogP contribution is 2.47. The molecule has 3 atom stereocenters. The standard InChI is InChI=1S/C48H65FN6O5Si/c1-30(2)61(31(3)4,32(5)6)20-16-33-11-10-12-34-21-38(56)22-39(42(33)34)44(57)54-26-40-41(27-54)50-45(59-29-48(17-18-48)28-52-19-15-35(49)23-52)51-43(40)53-24-36-13-14-37(25-53)55(36)46(58)60-47(7,8)9/h10-12,21-22,30-32,35-37,56H,13-15,17-19,23-29H2,1-9H3. The van der Waals surface area contributed by atoms with E-state index in [1.807, 2.05) is 43.9 Å². The first-order valence-corrected chi connectivity index (χ1v) is 24.8. The Morgan fingerprint density at radius 1 is 0.967 bits per heavy atom. The summed E-state index contributed by atoms with van der Waals surface area (Å²) >= 11 is 0. The molecule has 2 bridgehead atoms. The molecule has 0 spiro atoms. The van der Waals surface area contributed by atoms with Crippen LogP contribution in [0.2, 0.25) is 16.6 Å². The van der Waals surface area contributed by atoms with Crippen LogP contribution in [0.15, 0.2) is 30.3 Å². The normalized spacial score (nSPS) is 22.3. The van der Waals surface area contributed by atoms with Crippen molar-refractivity contribution in [2.75, 3.05) is 44.2 Å². The van der Waals surface area contributed by atoms with E-state index in [-0.39, 0.29) is 54.3 Å². The van der Waals surface area contributed by atoms with Crippen molar-refractivity contribution in [3.63, 3.8) is 0 Å². The molecule has 11 nitrogen and oxygen atoms in total. The third-order valence-electron chi connectivity index (χ3n) is 14.1. The molecule has 4 aliphatic heterocycles. The maximum absolute atomic E-state index is 14.9. The highest BCUT2D eigenvalue weighted by Gasteiger charge is 2.48. The lowest BCUT2D eigenvalue weighted by atomic mass is 9.98. The second kappa shape index (κ2) is 16.4. The Hall–Kier alpha value is -4.41. The summed E-state index contributed by atoms with van der Waals surface area (Å²) in [4.78, 5) is 46.5. The number of carbonyl (C=O) groups is 2. The van der Waals surface area contributed by atoms with Gasteiger partial charge in [0.1, 0.15) is 31.4 Å². The third-order valence-corrected chi connectivity index (χ3v) is 20.4. The van der Waals surface area contributed by atoms with Crippen LogP contribution >= 0.6 is 0 Å². The molecule has 3 aromatic rings. The summed E-state index contributed by atoms with van der Waals surface area (Å²) < 4.78 is 26.4. The highest BCUT2D eigenvalue weighted by atomic mass is 28.3. The number of aromatic nitrogens is 2. The maximum Gasteiger partial charge on any atom is 0.410 e. The number of carbonyl (C=O) groups excluding carboxylic acids is 2. The van der Waals surface area contributed by atoms with Crippen LogP contribution in [0.4, 0.5) is 15.0 Å². The van der Waals surface area contributed by atoms with Crippen molar-refractivity contribution in [1.29, 1.82) is 0 Å². The smallest absolute Gasteiger partial charge is 0.410 e. The van der Waals surface area contributed by atoms with Gasteiger partial charge < -0.3 is 24.4 Å². The Labute approximate surface area is 362 Å². The van der Waals surface area contributed by atoms with Gasteiger partial charge in [-0.05, 0) is 93.1 Å². The average Bonchev–Trinajstić information content (AvgIpc) is 3.45. The van der Waals surface area contributed by atoms with Crippen LogP contribution in [0.5, 0.6) is 11.8 Å². The zero-order valence-corrected chi connectivity index (χ0v) is 38.7. The summed E-state index contributed by atoms with van der Waals surface area (Å²) in [5.41, 5.74) is 7.34.